The van der Waals surface area contributed by atoms with Crippen molar-refractivity contribution in [3.05, 3.63) is 0 Å². The van der Waals surface area contributed by atoms with Crippen molar-refractivity contribution in [3.8, 4) is 0 Å². The maximum absolute atomic E-state index is 10.7. The number of carboxylic acids is 1. The van der Waals surface area contributed by atoms with E-state index in [4.69, 9.17) is 14.6 Å². The standard InChI is InChI=1S/C10H20O4/c1-8(2)14-6-5-13-7-10(3,4)9(11)12/h8H,5-7H2,1-4H3,(H,11,12). The molecule has 0 aliphatic rings. The summed E-state index contributed by atoms with van der Waals surface area (Å²) in [5.41, 5.74) is -0.822. The molecule has 0 atom stereocenters. The molecular formula is C10H20O4. The van der Waals surface area contributed by atoms with Gasteiger partial charge in [-0.15, -0.1) is 0 Å². The fraction of sp³-hybridized carbons (Fsp3) is 0.900. The molecule has 0 fully saturated rings. The second-order valence-corrected chi connectivity index (χ2v) is 4.16. The van der Waals surface area contributed by atoms with Gasteiger partial charge >= 0.3 is 5.97 Å². The number of rotatable bonds is 7. The number of carbonyl (C=O) groups is 1. The van der Waals surface area contributed by atoms with Gasteiger partial charge in [-0.25, -0.2) is 0 Å². The van der Waals surface area contributed by atoms with Crippen LogP contribution in [0, 0.1) is 5.41 Å². The van der Waals surface area contributed by atoms with Crippen LogP contribution in [-0.2, 0) is 14.3 Å². The van der Waals surface area contributed by atoms with Crippen molar-refractivity contribution in [1.29, 1.82) is 0 Å². The summed E-state index contributed by atoms with van der Waals surface area (Å²) in [7, 11) is 0. The summed E-state index contributed by atoms with van der Waals surface area (Å²) in [6.45, 7) is 8.33. The van der Waals surface area contributed by atoms with Gasteiger partial charge in [-0.1, -0.05) is 0 Å². The third-order valence-corrected chi connectivity index (χ3v) is 1.72. The van der Waals surface area contributed by atoms with Gasteiger partial charge in [0.25, 0.3) is 0 Å². The minimum Gasteiger partial charge on any atom is -0.481 e. The molecule has 0 aliphatic carbocycles. The lowest BCUT2D eigenvalue weighted by molar-refractivity contribution is -0.150. The Labute approximate surface area is 85.2 Å². The molecule has 0 heterocycles. The van der Waals surface area contributed by atoms with Crippen molar-refractivity contribution in [2.75, 3.05) is 19.8 Å². The van der Waals surface area contributed by atoms with E-state index in [0.29, 0.717) is 13.2 Å². The van der Waals surface area contributed by atoms with Gasteiger partial charge < -0.3 is 14.6 Å². The molecule has 0 saturated carbocycles. The highest BCUT2D eigenvalue weighted by atomic mass is 16.5. The molecule has 0 saturated heterocycles. The average molecular weight is 204 g/mol. The van der Waals surface area contributed by atoms with Crippen molar-refractivity contribution in [3.63, 3.8) is 0 Å². The van der Waals surface area contributed by atoms with E-state index in [0.717, 1.165) is 0 Å². The highest BCUT2D eigenvalue weighted by molar-refractivity contribution is 5.73. The summed E-state index contributed by atoms with van der Waals surface area (Å²) < 4.78 is 10.4. The minimum atomic E-state index is -0.845. The van der Waals surface area contributed by atoms with Crippen LogP contribution in [0.4, 0.5) is 0 Å². The maximum atomic E-state index is 10.7. The van der Waals surface area contributed by atoms with Gasteiger partial charge in [-0.2, -0.15) is 0 Å². The second kappa shape index (κ2) is 5.98. The van der Waals surface area contributed by atoms with Crippen molar-refractivity contribution in [2.45, 2.75) is 33.8 Å². The van der Waals surface area contributed by atoms with Gasteiger partial charge in [0, 0.05) is 0 Å². The Morgan fingerprint density at radius 3 is 2.36 bits per heavy atom. The van der Waals surface area contributed by atoms with Crippen LogP contribution in [0.15, 0.2) is 0 Å². The average Bonchev–Trinajstić information content (AvgIpc) is 2.02. The van der Waals surface area contributed by atoms with Crippen molar-refractivity contribution >= 4 is 5.97 Å². The second-order valence-electron chi connectivity index (χ2n) is 4.16. The molecule has 0 aliphatic heterocycles. The molecule has 0 radical (unpaired) electrons. The van der Waals surface area contributed by atoms with Crippen LogP contribution < -0.4 is 0 Å². The zero-order valence-corrected chi connectivity index (χ0v) is 9.37. The topological polar surface area (TPSA) is 55.8 Å². The van der Waals surface area contributed by atoms with Gasteiger partial charge in [0.05, 0.1) is 31.3 Å². The first kappa shape index (κ1) is 13.4. The normalized spacial score (nSPS) is 12.1. The lowest BCUT2D eigenvalue weighted by atomic mass is 9.95. The minimum absolute atomic E-state index is 0.186. The van der Waals surface area contributed by atoms with Crippen LogP contribution in [0.1, 0.15) is 27.7 Å². The van der Waals surface area contributed by atoms with Crippen molar-refractivity contribution in [2.24, 2.45) is 5.41 Å². The van der Waals surface area contributed by atoms with E-state index in [2.05, 4.69) is 0 Å². The molecule has 0 aromatic heterocycles. The highest BCUT2D eigenvalue weighted by Crippen LogP contribution is 2.14. The van der Waals surface area contributed by atoms with Crippen LogP contribution >= 0.6 is 0 Å². The molecule has 4 heteroatoms. The molecule has 4 nitrogen and oxygen atoms in total. The zero-order chi connectivity index (χ0) is 11.2. The Balaban J connectivity index is 3.49. The lowest BCUT2D eigenvalue weighted by Gasteiger charge is -2.18. The summed E-state index contributed by atoms with van der Waals surface area (Å²) in [6, 6.07) is 0. The van der Waals surface area contributed by atoms with E-state index in [9.17, 15) is 4.79 Å². The summed E-state index contributed by atoms with van der Waals surface area (Å²) >= 11 is 0. The maximum Gasteiger partial charge on any atom is 0.311 e. The number of hydrogen-bond acceptors (Lipinski definition) is 3. The summed E-state index contributed by atoms with van der Waals surface area (Å²) in [5.74, 6) is -0.845. The first-order chi connectivity index (χ1) is 6.36. The quantitative estimate of drug-likeness (QED) is 0.639. The Kier molecular flexibility index (Phi) is 5.72. The molecule has 1 N–H and O–H groups in total. The Hall–Kier alpha value is -0.610. The number of carboxylic acid groups (broad SMARTS) is 1. The fourth-order valence-electron chi connectivity index (χ4n) is 0.732. The molecule has 0 bridgehead atoms. The first-order valence-electron chi connectivity index (χ1n) is 4.79. The number of aliphatic carboxylic acids is 1. The monoisotopic (exact) mass is 204 g/mol. The van der Waals surface area contributed by atoms with Crippen molar-refractivity contribution in [1.82, 2.24) is 0 Å². The number of ether oxygens (including phenoxy) is 2. The van der Waals surface area contributed by atoms with E-state index < -0.39 is 11.4 Å². The van der Waals surface area contributed by atoms with E-state index in [1.165, 1.54) is 0 Å². The Morgan fingerprint density at radius 2 is 1.93 bits per heavy atom. The summed E-state index contributed by atoms with van der Waals surface area (Å²) in [6.07, 6.45) is 0.186. The number of hydrogen-bond donors (Lipinski definition) is 1. The molecular weight excluding hydrogens is 184 g/mol. The highest BCUT2D eigenvalue weighted by Gasteiger charge is 2.27. The molecule has 0 rings (SSSR count). The van der Waals surface area contributed by atoms with Crippen LogP contribution in [0.2, 0.25) is 0 Å². The van der Waals surface area contributed by atoms with Crippen LogP contribution in [0.3, 0.4) is 0 Å². The van der Waals surface area contributed by atoms with E-state index in [1.54, 1.807) is 13.8 Å². The van der Waals surface area contributed by atoms with Crippen LogP contribution in [0.25, 0.3) is 0 Å². The first-order valence-corrected chi connectivity index (χ1v) is 4.79. The molecule has 14 heavy (non-hydrogen) atoms. The lowest BCUT2D eigenvalue weighted by Crippen LogP contribution is -2.30. The Bertz CT molecular complexity index is 175. The molecule has 0 aromatic carbocycles. The van der Waals surface area contributed by atoms with Gasteiger partial charge in [0.1, 0.15) is 0 Å². The van der Waals surface area contributed by atoms with E-state index in [1.807, 2.05) is 13.8 Å². The molecule has 0 unspecified atom stereocenters. The van der Waals surface area contributed by atoms with Crippen molar-refractivity contribution < 1.29 is 19.4 Å². The van der Waals surface area contributed by atoms with Gasteiger partial charge in [-0.3, -0.25) is 4.79 Å². The van der Waals surface area contributed by atoms with Crippen LogP contribution in [-0.4, -0.2) is 37.0 Å². The molecule has 84 valence electrons. The molecule has 0 aromatic rings. The van der Waals surface area contributed by atoms with E-state index in [-0.39, 0.29) is 12.7 Å². The van der Waals surface area contributed by atoms with E-state index >= 15 is 0 Å². The third kappa shape index (κ3) is 5.94. The largest absolute Gasteiger partial charge is 0.481 e. The Morgan fingerprint density at radius 1 is 1.36 bits per heavy atom. The molecule has 0 amide bonds. The molecule has 0 spiro atoms. The van der Waals surface area contributed by atoms with Gasteiger partial charge in [-0.05, 0) is 27.7 Å². The predicted octanol–water partition coefficient (Wildman–Crippen LogP) is 1.54. The van der Waals surface area contributed by atoms with Crippen LogP contribution in [0.5, 0.6) is 0 Å². The zero-order valence-electron chi connectivity index (χ0n) is 9.37. The summed E-state index contributed by atoms with van der Waals surface area (Å²) in [4.78, 5) is 10.7. The summed E-state index contributed by atoms with van der Waals surface area (Å²) in [5, 5.41) is 8.77. The smallest absolute Gasteiger partial charge is 0.311 e. The van der Waals surface area contributed by atoms with Gasteiger partial charge in [0.15, 0.2) is 0 Å². The third-order valence-electron chi connectivity index (χ3n) is 1.72. The van der Waals surface area contributed by atoms with Gasteiger partial charge in [0.2, 0.25) is 0 Å². The fourth-order valence-corrected chi connectivity index (χ4v) is 0.732. The SMILES string of the molecule is CC(C)OCCOCC(C)(C)C(=O)O. The predicted molar refractivity (Wildman–Crippen MR) is 53.3 cm³/mol.